The molecule has 204 valence electrons. The maximum absolute atomic E-state index is 13.4. The Morgan fingerprint density at radius 2 is 1.81 bits per heavy atom. The Bertz CT molecular complexity index is 1180. The summed E-state index contributed by atoms with van der Waals surface area (Å²) in [5.41, 5.74) is -1.60. The van der Waals surface area contributed by atoms with Gasteiger partial charge in [-0.25, -0.2) is 4.79 Å². The quantitative estimate of drug-likeness (QED) is 0.333. The van der Waals surface area contributed by atoms with Crippen LogP contribution < -0.4 is 0 Å². The van der Waals surface area contributed by atoms with Crippen LogP contribution in [0.15, 0.2) is 29.2 Å². The fourth-order valence-electron chi connectivity index (χ4n) is 7.51. The lowest BCUT2D eigenvalue weighted by molar-refractivity contribution is -0.210. The largest absolute Gasteiger partial charge is 0.460 e. The van der Waals surface area contributed by atoms with E-state index in [0.717, 1.165) is 24.7 Å². The Morgan fingerprint density at radius 3 is 2.43 bits per heavy atom. The zero-order valence-corrected chi connectivity index (χ0v) is 23.0. The number of aldehydes is 1. The Labute approximate surface area is 219 Å². The molecule has 0 saturated heterocycles. The molecular weight excluding hydrogens is 496 g/mol. The molecule has 37 heavy (non-hydrogen) atoms. The number of benzene rings is 1. The summed E-state index contributed by atoms with van der Waals surface area (Å²) in [5.74, 6) is -1.51. The van der Waals surface area contributed by atoms with Gasteiger partial charge in [-0.3, -0.25) is 8.98 Å². The highest BCUT2D eigenvalue weighted by atomic mass is 32.2. The van der Waals surface area contributed by atoms with Crippen molar-refractivity contribution in [3.05, 3.63) is 29.8 Å². The van der Waals surface area contributed by atoms with Crippen molar-refractivity contribution in [1.29, 1.82) is 0 Å². The first kappa shape index (κ1) is 27.9. The minimum Gasteiger partial charge on any atom is -0.460 e. The maximum atomic E-state index is 13.4. The van der Waals surface area contributed by atoms with E-state index in [0.29, 0.717) is 12.8 Å². The molecule has 8 atom stereocenters. The third kappa shape index (κ3) is 4.46. The van der Waals surface area contributed by atoms with Gasteiger partial charge in [0.15, 0.2) is 6.61 Å². The van der Waals surface area contributed by atoms with Crippen molar-refractivity contribution in [3.63, 3.8) is 0 Å². The minimum absolute atomic E-state index is 0.000953. The summed E-state index contributed by atoms with van der Waals surface area (Å²) in [5, 5.41) is 11.4. The van der Waals surface area contributed by atoms with Gasteiger partial charge < -0.3 is 14.6 Å². The number of hydrogen-bond donors (Lipinski definition) is 1. The van der Waals surface area contributed by atoms with E-state index in [1.165, 1.54) is 12.1 Å². The standard InChI is InChI=1S/C28H38O8S/c1-17-6-8-20(9-7-17)37(33,34)35-15-23(31)36-22-14-26(4,16-29)25(32)19(3)28-12-10-18(2)27(22,5)24(28)21(30)11-13-28/h6-9,16,18-19,22,24-25,32H,10-15H2,1-5H3. The van der Waals surface area contributed by atoms with Crippen LogP contribution in [-0.4, -0.2) is 50.4 Å². The molecule has 1 aromatic rings. The molecule has 0 amide bonds. The molecule has 0 heterocycles. The van der Waals surface area contributed by atoms with Gasteiger partial charge in [0, 0.05) is 17.8 Å². The van der Waals surface area contributed by atoms with E-state index in [1.54, 1.807) is 19.1 Å². The summed E-state index contributed by atoms with van der Waals surface area (Å²) < 4.78 is 36.1. The highest BCUT2D eigenvalue weighted by Crippen LogP contribution is 2.67. The Morgan fingerprint density at radius 1 is 1.16 bits per heavy atom. The Balaban J connectivity index is 1.65. The van der Waals surface area contributed by atoms with Crippen molar-refractivity contribution in [1.82, 2.24) is 0 Å². The van der Waals surface area contributed by atoms with E-state index >= 15 is 0 Å². The molecule has 8 nitrogen and oxygen atoms in total. The van der Waals surface area contributed by atoms with Gasteiger partial charge in [-0.15, -0.1) is 0 Å². The number of esters is 1. The number of hydrogen-bond acceptors (Lipinski definition) is 8. The molecule has 3 aliphatic carbocycles. The van der Waals surface area contributed by atoms with Crippen LogP contribution in [0.2, 0.25) is 0 Å². The molecule has 0 aliphatic heterocycles. The van der Waals surface area contributed by atoms with E-state index < -0.39 is 57.1 Å². The third-order valence-electron chi connectivity index (χ3n) is 10.0. The fourth-order valence-corrected chi connectivity index (χ4v) is 8.36. The fraction of sp³-hybridized carbons (Fsp3) is 0.679. The number of aryl methyl sites for hydroxylation is 1. The number of Topliss-reactive ketones (excluding diaryl/α,β-unsaturated/α-hetero) is 1. The van der Waals surface area contributed by atoms with Gasteiger partial charge in [0.1, 0.15) is 18.2 Å². The predicted octanol–water partition coefficient (Wildman–Crippen LogP) is 3.62. The van der Waals surface area contributed by atoms with Crippen molar-refractivity contribution in [3.8, 4) is 0 Å². The van der Waals surface area contributed by atoms with Gasteiger partial charge in [0.25, 0.3) is 10.1 Å². The molecule has 9 heteroatoms. The van der Waals surface area contributed by atoms with Gasteiger partial charge in [-0.2, -0.15) is 8.42 Å². The molecule has 0 radical (unpaired) electrons. The topological polar surface area (TPSA) is 124 Å². The Hall–Kier alpha value is -2.10. The van der Waals surface area contributed by atoms with Crippen LogP contribution in [0.4, 0.5) is 0 Å². The van der Waals surface area contributed by atoms with Gasteiger partial charge in [-0.05, 0) is 62.0 Å². The Kier molecular flexibility index (Phi) is 7.23. The number of ether oxygens (including phenoxy) is 1. The van der Waals surface area contributed by atoms with Crippen LogP contribution in [0, 0.1) is 40.9 Å². The first-order valence-corrected chi connectivity index (χ1v) is 14.4. The lowest BCUT2D eigenvalue weighted by Crippen LogP contribution is -2.63. The van der Waals surface area contributed by atoms with Gasteiger partial charge in [0.2, 0.25) is 0 Å². The van der Waals surface area contributed by atoms with Crippen molar-refractivity contribution >= 4 is 28.2 Å². The monoisotopic (exact) mass is 534 g/mol. The SMILES string of the molecule is Cc1ccc(S(=O)(=O)OCC(=O)OC2CC(C)(C=O)C(O)C(C)C34CCC(=O)C3C2(C)C(C)CC4)cc1. The van der Waals surface area contributed by atoms with Crippen LogP contribution in [0.5, 0.6) is 0 Å². The molecule has 8 unspecified atom stereocenters. The normalized spacial score (nSPS) is 39.8. The summed E-state index contributed by atoms with van der Waals surface area (Å²) in [4.78, 5) is 38.7. The first-order chi connectivity index (χ1) is 17.2. The molecule has 1 aromatic carbocycles. The van der Waals surface area contributed by atoms with E-state index in [4.69, 9.17) is 8.92 Å². The first-order valence-electron chi connectivity index (χ1n) is 13.0. The van der Waals surface area contributed by atoms with Gasteiger partial charge in [0.05, 0.1) is 16.4 Å². The van der Waals surface area contributed by atoms with Crippen molar-refractivity contribution < 1.29 is 36.8 Å². The molecule has 0 spiro atoms. The second kappa shape index (κ2) is 9.58. The smallest absolute Gasteiger partial charge is 0.333 e. The highest BCUT2D eigenvalue weighted by molar-refractivity contribution is 7.86. The van der Waals surface area contributed by atoms with Crippen LogP contribution in [-0.2, 0) is 33.4 Å². The number of aliphatic hydroxyl groups is 1. The van der Waals surface area contributed by atoms with E-state index in [2.05, 4.69) is 0 Å². The molecule has 4 rings (SSSR count). The predicted molar refractivity (Wildman–Crippen MR) is 135 cm³/mol. The molecule has 2 bridgehead atoms. The van der Waals surface area contributed by atoms with E-state index in [1.807, 2.05) is 27.7 Å². The van der Waals surface area contributed by atoms with Crippen molar-refractivity contribution in [2.45, 2.75) is 83.8 Å². The minimum atomic E-state index is -4.19. The summed E-state index contributed by atoms with van der Waals surface area (Å²) in [7, 11) is -4.19. The zero-order chi connectivity index (χ0) is 27.4. The summed E-state index contributed by atoms with van der Waals surface area (Å²) in [6.07, 6.45) is 1.42. The number of carbonyl (C=O) groups excluding carboxylic acids is 3. The molecule has 3 saturated carbocycles. The van der Waals surface area contributed by atoms with Gasteiger partial charge >= 0.3 is 5.97 Å². The van der Waals surface area contributed by atoms with Crippen molar-refractivity contribution in [2.75, 3.05) is 6.61 Å². The van der Waals surface area contributed by atoms with E-state index in [-0.39, 0.29) is 28.9 Å². The number of carbonyl (C=O) groups is 3. The summed E-state index contributed by atoms with van der Waals surface area (Å²) >= 11 is 0. The number of rotatable bonds is 6. The van der Waals surface area contributed by atoms with Crippen LogP contribution in [0.25, 0.3) is 0 Å². The van der Waals surface area contributed by atoms with Crippen LogP contribution >= 0.6 is 0 Å². The second-order valence-electron chi connectivity index (χ2n) is 12.0. The van der Waals surface area contributed by atoms with Crippen molar-refractivity contribution in [2.24, 2.45) is 34.0 Å². The van der Waals surface area contributed by atoms with Gasteiger partial charge in [-0.1, -0.05) is 45.4 Å². The molecule has 1 N–H and O–H groups in total. The molecule has 0 aromatic heterocycles. The molecule has 3 fully saturated rings. The van der Waals surface area contributed by atoms with E-state index in [9.17, 15) is 27.9 Å². The summed E-state index contributed by atoms with van der Waals surface area (Å²) in [6.45, 7) is 8.58. The summed E-state index contributed by atoms with van der Waals surface area (Å²) in [6, 6.07) is 6.06. The highest BCUT2D eigenvalue weighted by Gasteiger charge is 2.68. The lowest BCUT2D eigenvalue weighted by atomic mass is 9.44. The number of ketones is 1. The molecular formula is C28H38O8S. The van der Waals surface area contributed by atoms with Crippen LogP contribution in [0.3, 0.4) is 0 Å². The zero-order valence-electron chi connectivity index (χ0n) is 22.2. The maximum Gasteiger partial charge on any atom is 0.333 e. The third-order valence-corrected chi connectivity index (χ3v) is 11.3. The lowest BCUT2D eigenvalue weighted by Gasteiger charge is -2.61. The number of aliphatic hydroxyl groups excluding tert-OH is 1. The average Bonchev–Trinajstić information content (AvgIpc) is 3.21. The van der Waals surface area contributed by atoms with Crippen LogP contribution in [0.1, 0.15) is 65.4 Å². The average molecular weight is 535 g/mol. The second-order valence-corrected chi connectivity index (χ2v) is 13.6. The molecule has 3 aliphatic rings.